The van der Waals surface area contributed by atoms with Gasteiger partial charge in [0.2, 0.25) is 5.95 Å². The molecule has 1 amide bonds. The quantitative estimate of drug-likeness (QED) is 0.842. The lowest BCUT2D eigenvalue weighted by Crippen LogP contribution is -2.19. The molecule has 3 rings (SSSR count). The summed E-state index contributed by atoms with van der Waals surface area (Å²) in [7, 11) is 0. The van der Waals surface area contributed by atoms with Crippen LogP contribution in [0.3, 0.4) is 0 Å². The molecule has 0 unspecified atom stereocenters. The van der Waals surface area contributed by atoms with Gasteiger partial charge in [-0.1, -0.05) is 11.6 Å². The van der Waals surface area contributed by atoms with Crippen LogP contribution < -0.4 is 10.6 Å². The van der Waals surface area contributed by atoms with Gasteiger partial charge in [0.1, 0.15) is 5.69 Å². The van der Waals surface area contributed by atoms with Crippen molar-refractivity contribution in [3.63, 3.8) is 0 Å². The van der Waals surface area contributed by atoms with Crippen LogP contribution in [0.4, 0.5) is 24.8 Å². The summed E-state index contributed by atoms with van der Waals surface area (Å²) in [6.07, 6.45) is -2.65. The molecule has 2 N–H and O–H groups in total. The van der Waals surface area contributed by atoms with E-state index in [2.05, 4.69) is 20.6 Å². The van der Waals surface area contributed by atoms with Crippen LogP contribution in [0.1, 0.15) is 34.6 Å². The summed E-state index contributed by atoms with van der Waals surface area (Å²) in [4.78, 5) is 20.6. The lowest BCUT2D eigenvalue weighted by molar-refractivity contribution is -0.136. The van der Waals surface area contributed by atoms with Gasteiger partial charge in [-0.15, -0.1) is 0 Å². The third-order valence-corrected chi connectivity index (χ3v) is 3.77. The first-order valence-electron chi connectivity index (χ1n) is 7.53. The topological polar surface area (TPSA) is 66.9 Å². The summed E-state index contributed by atoms with van der Waals surface area (Å²) in [5.74, 6) is -0.461. The average Bonchev–Trinajstić information content (AvgIpc) is 3.31. The molecule has 1 heterocycles. The summed E-state index contributed by atoms with van der Waals surface area (Å²) < 4.78 is 39.3. The molecule has 0 atom stereocenters. The van der Waals surface area contributed by atoms with Gasteiger partial charge < -0.3 is 10.6 Å². The summed E-state index contributed by atoms with van der Waals surface area (Å²) in [5.41, 5.74) is -0.875. The van der Waals surface area contributed by atoms with Crippen molar-refractivity contribution in [2.45, 2.75) is 32.0 Å². The number of amides is 1. The second-order valence-electron chi connectivity index (χ2n) is 5.78. The van der Waals surface area contributed by atoms with Crippen molar-refractivity contribution >= 4 is 29.1 Å². The Labute approximate surface area is 146 Å². The van der Waals surface area contributed by atoms with Crippen molar-refractivity contribution in [3.05, 3.63) is 46.2 Å². The van der Waals surface area contributed by atoms with Crippen molar-refractivity contribution in [2.24, 2.45) is 0 Å². The Hall–Kier alpha value is -2.35. The van der Waals surface area contributed by atoms with E-state index in [-0.39, 0.29) is 22.4 Å². The van der Waals surface area contributed by atoms with Gasteiger partial charge in [-0.05, 0) is 44.0 Å². The van der Waals surface area contributed by atoms with Crippen LogP contribution in [0.15, 0.2) is 24.3 Å². The highest BCUT2D eigenvalue weighted by Gasteiger charge is 2.34. The number of carbonyl (C=O) groups is 1. The fourth-order valence-corrected chi connectivity index (χ4v) is 2.38. The molecule has 0 spiro atoms. The van der Waals surface area contributed by atoms with E-state index in [1.807, 2.05) is 0 Å². The number of nitrogens with zero attached hydrogens (tertiary/aromatic N) is 2. The molecule has 0 radical (unpaired) electrons. The predicted molar refractivity (Wildman–Crippen MR) is 87.8 cm³/mol. The second-order valence-corrected chi connectivity index (χ2v) is 6.22. The van der Waals surface area contributed by atoms with Gasteiger partial charge in [-0.2, -0.15) is 13.2 Å². The second kappa shape index (κ2) is 6.51. The van der Waals surface area contributed by atoms with E-state index in [0.29, 0.717) is 11.6 Å². The molecule has 25 heavy (non-hydrogen) atoms. The van der Waals surface area contributed by atoms with E-state index < -0.39 is 17.6 Å². The van der Waals surface area contributed by atoms with Gasteiger partial charge in [0.05, 0.1) is 11.3 Å². The number of benzene rings is 1. The normalized spacial score (nSPS) is 14.3. The Bertz CT molecular complexity index is 822. The van der Waals surface area contributed by atoms with Crippen LogP contribution in [0.25, 0.3) is 0 Å². The lowest BCUT2D eigenvalue weighted by atomic mass is 10.1. The molecule has 0 aliphatic heterocycles. The van der Waals surface area contributed by atoms with E-state index in [0.717, 1.165) is 25.0 Å². The van der Waals surface area contributed by atoms with Gasteiger partial charge in [0.15, 0.2) is 0 Å². The van der Waals surface area contributed by atoms with E-state index in [9.17, 15) is 18.0 Å². The highest BCUT2D eigenvalue weighted by molar-refractivity contribution is 6.30. The van der Waals surface area contributed by atoms with Crippen molar-refractivity contribution in [1.82, 2.24) is 9.97 Å². The number of rotatable bonds is 4. The molecule has 2 aromatic rings. The predicted octanol–water partition coefficient (Wildman–Crippen LogP) is 4.28. The lowest BCUT2D eigenvalue weighted by Gasteiger charge is -2.14. The maximum Gasteiger partial charge on any atom is 0.418 e. The SMILES string of the molecule is Cc1cc(C(=O)Nc2ccc(Cl)cc2C(F)(F)F)nc(NC2CC2)n1. The zero-order valence-corrected chi connectivity index (χ0v) is 13.9. The minimum Gasteiger partial charge on any atom is -0.351 e. The highest BCUT2D eigenvalue weighted by Crippen LogP contribution is 2.36. The average molecular weight is 371 g/mol. The molecule has 1 fully saturated rings. The molecular formula is C16H14ClF3N4O. The minimum atomic E-state index is -4.65. The van der Waals surface area contributed by atoms with Crippen molar-refractivity contribution in [1.29, 1.82) is 0 Å². The van der Waals surface area contributed by atoms with Crippen LogP contribution in [0.5, 0.6) is 0 Å². The molecule has 1 aromatic heterocycles. The number of aryl methyl sites for hydroxylation is 1. The summed E-state index contributed by atoms with van der Waals surface area (Å²) >= 11 is 5.63. The highest BCUT2D eigenvalue weighted by atomic mass is 35.5. The van der Waals surface area contributed by atoms with Crippen LogP contribution in [0, 0.1) is 6.92 Å². The molecule has 1 aliphatic carbocycles. The van der Waals surface area contributed by atoms with Crippen LogP contribution in [-0.4, -0.2) is 21.9 Å². The number of hydrogen-bond donors (Lipinski definition) is 2. The Morgan fingerprint density at radius 3 is 2.60 bits per heavy atom. The Balaban J connectivity index is 1.86. The molecule has 9 heteroatoms. The summed E-state index contributed by atoms with van der Waals surface area (Å²) in [6.45, 7) is 1.68. The minimum absolute atomic E-state index is 0.0151. The van der Waals surface area contributed by atoms with E-state index in [4.69, 9.17) is 11.6 Å². The molecule has 5 nitrogen and oxygen atoms in total. The fourth-order valence-electron chi connectivity index (χ4n) is 2.21. The monoisotopic (exact) mass is 370 g/mol. The summed E-state index contributed by atoms with van der Waals surface area (Å²) in [5, 5.41) is 5.24. The van der Waals surface area contributed by atoms with Gasteiger partial charge in [-0.3, -0.25) is 4.79 Å². The maximum absolute atomic E-state index is 13.1. The molecule has 132 valence electrons. The number of carbonyl (C=O) groups excluding carboxylic acids is 1. The maximum atomic E-state index is 13.1. The van der Waals surface area contributed by atoms with Crippen molar-refractivity contribution in [2.75, 3.05) is 10.6 Å². The Morgan fingerprint density at radius 1 is 1.24 bits per heavy atom. The summed E-state index contributed by atoms with van der Waals surface area (Å²) in [6, 6.07) is 4.85. The fraction of sp³-hybridized carbons (Fsp3) is 0.312. The number of halogens is 4. The molecule has 1 aliphatic rings. The third-order valence-electron chi connectivity index (χ3n) is 3.53. The third kappa shape index (κ3) is 4.39. The molecule has 1 saturated carbocycles. The first-order chi connectivity index (χ1) is 11.7. The Kier molecular flexibility index (Phi) is 4.55. The molecular weight excluding hydrogens is 357 g/mol. The van der Waals surface area contributed by atoms with Gasteiger partial charge in [-0.25, -0.2) is 9.97 Å². The van der Waals surface area contributed by atoms with Crippen molar-refractivity contribution in [3.8, 4) is 0 Å². The zero-order valence-electron chi connectivity index (χ0n) is 13.1. The largest absolute Gasteiger partial charge is 0.418 e. The van der Waals surface area contributed by atoms with Crippen LogP contribution >= 0.6 is 11.6 Å². The van der Waals surface area contributed by atoms with Crippen LogP contribution in [-0.2, 0) is 6.18 Å². The Morgan fingerprint density at radius 2 is 1.96 bits per heavy atom. The number of hydrogen-bond acceptors (Lipinski definition) is 4. The number of anilines is 2. The standard InChI is InChI=1S/C16H14ClF3N4O/c1-8-6-13(24-15(21-8)22-10-3-4-10)14(25)23-12-5-2-9(17)7-11(12)16(18,19)20/h2,5-7,10H,3-4H2,1H3,(H,23,25)(H,21,22,24). The van der Waals surface area contributed by atoms with Crippen molar-refractivity contribution < 1.29 is 18.0 Å². The van der Waals surface area contributed by atoms with Gasteiger partial charge >= 0.3 is 6.18 Å². The molecule has 1 aromatic carbocycles. The van der Waals surface area contributed by atoms with Crippen LogP contribution in [0.2, 0.25) is 5.02 Å². The molecule has 0 saturated heterocycles. The first-order valence-corrected chi connectivity index (χ1v) is 7.90. The number of aromatic nitrogens is 2. The first kappa shape index (κ1) is 17.5. The smallest absolute Gasteiger partial charge is 0.351 e. The zero-order chi connectivity index (χ0) is 18.2. The number of nitrogens with one attached hydrogen (secondary N) is 2. The molecule has 0 bridgehead atoms. The van der Waals surface area contributed by atoms with E-state index in [1.54, 1.807) is 6.92 Å². The van der Waals surface area contributed by atoms with E-state index in [1.165, 1.54) is 12.1 Å². The van der Waals surface area contributed by atoms with Gasteiger partial charge in [0, 0.05) is 16.8 Å². The number of alkyl halides is 3. The van der Waals surface area contributed by atoms with E-state index >= 15 is 0 Å². The van der Waals surface area contributed by atoms with Gasteiger partial charge in [0.25, 0.3) is 5.91 Å².